The van der Waals surface area contributed by atoms with Crippen molar-refractivity contribution >= 4 is 44.2 Å². The summed E-state index contributed by atoms with van der Waals surface area (Å²) in [6, 6.07) is 14.2. The van der Waals surface area contributed by atoms with Gasteiger partial charge in [-0.1, -0.05) is 6.07 Å². The molecule has 0 bridgehead atoms. The highest BCUT2D eigenvalue weighted by atomic mass is 32.2. The molecule has 12 heteroatoms. The zero-order valence-corrected chi connectivity index (χ0v) is 21.7. The number of hydrogen-bond acceptors (Lipinski definition) is 9. The number of anilines is 3. The predicted octanol–water partition coefficient (Wildman–Crippen LogP) is 3.73. The largest absolute Gasteiger partial charge is 0.460 e. The first-order chi connectivity index (χ1) is 17.7. The molecule has 4 rings (SSSR count). The SMILES string of the molecule is CNC(=O)c1c(C)oc2cc(Oc3ccnc(Nc4cccc(NCCS(=O)(=O)N(C)C)c4)n3)ccc12. The summed E-state index contributed by atoms with van der Waals surface area (Å²) in [5.41, 5.74) is 2.49. The molecule has 0 spiro atoms. The van der Waals surface area contributed by atoms with Crippen LogP contribution in [0.3, 0.4) is 0 Å². The van der Waals surface area contributed by atoms with Gasteiger partial charge in [-0.3, -0.25) is 4.79 Å². The lowest BCUT2D eigenvalue weighted by Gasteiger charge is -2.13. The number of sulfonamides is 1. The fourth-order valence-electron chi connectivity index (χ4n) is 3.59. The van der Waals surface area contributed by atoms with Crippen LogP contribution in [0.15, 0.2) is 59.1 Å². The molecule has 0 aliphatic heterocycles. The predicted molar refractivity (Wildman–Crippen MR) is 142 cm³/mol. The highest BCUT2D eigenvalue weighted by Gasteiger charge is 2.18. The maximum absolute atomic E-state index is 12.2. The summed E-state index contributed by atoms with van der Waals surface area (Å²) in [4.78, 5) is 20.8. The average Bonchev–Trinajstić information content (AvgIpc) is 3.18. The van der Waals surface area contributed by atoms with E-state index in [0.29, 0.717) is 45.6 Å². The van der Waals surface area contributed by atoms with Gasteiger partial charge in [0.1, 0.15) is 17.1 Å². The maximum atomic E-state index is 12.2. The molecule has 2 aromatic heterocycles. The summed E-state index contributed by atoms with van der Waals surface area (Å²) in [5, 5.41) is 9.55. The third-order valence-corrected chi connectivity index (χ3v) is 7.34. The van der Waals surface area contributed by atoms with Crippen LogP contribution in [0, 0.1) is 6.92 Å². The van der Waals surface area contributed by atoms with Gasteiger partial charge in [0, 0.05) is 62.8 Å². The van der Waals surface area contributed by atoms with Crippen LogP contribution in [0.2, 0.25) is 0 Å². The van der Waals surface area contributed by atoms with Gasteiger partial charge in [-0.25, -0.2) is 17.7 Å². The summed E-state index contributed by atoms with van der Waals surface area (Å²) < 4.78 is 36.7. The van der Waals surface area contributed by atoms with Crippen LogP contribution in [0.1, 0.15) is 16.1 Å². The molecule has 0 saturated carbocycles. The van der Waals surface area contributed by atoms with Crippen LogP contribution in [0.5, 0.6) is 11.6 Å². The zero-order valence-electron chi connectivity index (χ0n) is 20.9. The van der Waals surface area contributed by atoms with Crippen molar-refractivity contribution in [2.75, 3.05) is 44.1 Å². The smallest absolute Gasteiger partial charge is 0.255 e. The number of aromatic nitrogens is 2. The molecule has 4 aromatic rings. The molecule has 11 nitrogen and oxygen atoms in total. The number of rotatable bonds is 10. The number of ether oxygens (including phenoxy) is 1. The van der Waals surface area contributed by atoms with Crippen molar-refractivity contribution in [2.24, 2.45) is 0 Å². The van der Waals surface area contributed by atoms with Gasteiger partial charge < -0.3 is 25.1 Å². The maximum Gasteiger partial charge on any atom is 0.255 e. The summed E-state index contributed by atoms with van der Waals surface area (Å²) in [6.45, 7) is 2.01. The van der Waals surface area contributed by atoms with E-state index < -0.39 is 10.0 Å². The number of benzene rings is 2. The summed E-state index contributed by atoms with van der Waals surface area (Å²) in [5.74, 6) is 1.42. The number of fused-ring (bicyclic) bond motifs is 1. The molecule has 0 fully saturated rings. The highest BCUT2D eigenvalue weighted by molar-refractivity contribution is 7.89. The van der Waals surface area contributed by atoms with Gasteiger partial charge in [0.2, 0.25) is 21.9 Å². The second-order valence-corrected chi connectivity index (χ2v) is 10.6. The number of amides is 1. The van der Waals surface area contributed by atoms with Crippen LogP contribution < -0.4 is 20.7 Å². The summed E-state index contributed by atoms with van der Waals surface area (Å²) >= 11 is 0. The van der Waals surface area contributed by atoms with Gasteiger partial charge in [-0.05, 0) is 37.3 Å². The zero-order chi connectivity index (χ0) is 26.6. The van der Waals surface area contributed by atoms with Gasteiger partial charge in [-0.2, -0.15) is 4.98 Å². The van der Waals surface area contributed by atoms with Gasteiger partial charge in [0.25, 0.3) is 5.91 Å². The molecule has 0 aliphatic rings. The van der Waals surface area contributed by atoms with E-state index in [4.69, 9.17) is 9.15 Å². The van der Waals surface area contributed by atoms with Crippen LogP contribution in [-0.4, -0.2) is 62.0 Å². The van der Waals surface area contributed by atoms with E-state index >= 15 is 0 Å². The van der Waals surface area contributed by atoms with E-state index in [1.54, 1.807) is 44.4 Å². The van der Waals surface area contributed by atoms with E-state index in [9.17, 15) is 13.2 Å². The minimum Gasteiger partial charge on any atom is -0.460 e. The first-order valence-corrected chi connectivity index (χ1v) is 13.0. The van der Waals surface area contributed by atoms with Crippen molar-refractivity contribution in [3.63, 3.8) is 0 Å². The number of nitrogens with one attached hydrogen (secondary N) is 3. The molecule has 2 heterocycles. The summed E-state index contributed by atoms with van der Waals surface area (Å²) in [6.07, 6.45) is 1.57. The fraction of sp³-hybridized carbons (Fsp3) is 0.240. The van der Waals surface area contributed by atoms with Gasteiger partial charge in [0.05, 0.1) is 11.3 Å². The monoisotopic (exact) mass is 524 g/mol. The van der Waals surface area contributed by atoms with E-state index in [-0.39, 0.29) is 18.2 Å². The van der Waals surface area contributed by atoms with E-state index in [2.05, 4.69) is 25.9 Å². The number of nitrogens with zero attached hydrogens (tertiary/aromatic N) is 3. The third-order valence-electron chi connectivity index (χ3n) is 5.51. The molecule has 194 valence electrons. The molecule has 37 heavy (non-hydrogen) atoms. The van der Waals surface area contributed by atoms with Crippen molar-refractivity contribution < 1.29 is 22.4 Å². The third kappa shape index (κ3) is 6.16. The Labute approximate surface area is 214 Å². The minimum absolute atomic E-state index is 0.0172. The number of aryl methyl sites for hydroxylation is 1. The molecule has 1 amide bonds. The molecule has 2 aromatic carbocycles. The Kier molecular flexibility index (Phi) is 7.60. The molecule has 0 atom stereocenters. The quantitative estimate of drug-likeness (QED) is 0.283. The average molecular weight is 525 g/mol. The molecule has 3 N–H and O–H groups in total. The summed E-state index contributed by atoms with van der Waals surface area (Å²) in [7, 11) is 1.32. The highest BCUT2D eigenvalue weighted by Crippen LogP contribution is 2.31. The molecule has 0 radical (unpaired) electrons. The Bertz CT molecular complexity index is 1530. The topological polar surface area (TPSA) is 139 Å². The first kappa shape index (κ1) is 25.9. The molecule has 0 aliphatic carbocycles. The van der Waals surface area contributed by atoms with Crippen molar-refractivity contribution in [2.45, 2.75) is 6.92 Å². The number of furan rings is 1. The Balaban J connectivity index is 1.44. The standard InChI is InChI=1S/C25H28N6O5S/c1-16-23(24(32)26-2)20-9-8-19(15-21(20)35-16)36-22-10-11-28-25(30-22)29-18-7-5-6-17(14-18)27-12-13-37(33,34)31(3)4/h5-11,14-15,27H,12-13H2,1-4H3,(H,26,32)(H,28,29,30). The Hall–Kier alpha value is -4.16. The van der Waals surface area contributed by atoms with Crippen molar-refractivity contribution in [3.8, 4) is 11.6 Å². The molecule has 0 saturated heterocycles. The van der Waals surface area contributed by atoms with Gasteiger partial charge in [-0.15, -0.1) is 0 Å². The second kappa shape index (κ2) is 10.8. The van der Waals surface area contributed by atoms with Crippen molar-refractivity contribution in [1.29, 1.82) is 0 Å². The molecular formula is C25H28N6O5S. The van der Waals surface area contributed by atoms with E-state index in [1.165, 1.54) is 18.4 Å². The second-order valence-electron chi connectivity index (χ2n) is 8.32. The number of hydrogen-bond donors (Lipinski definition) is 3. The number of carbonyl (C=O) groups excluding carboxylic acids is 1. The van der Waals surface area contributed by atoms with E-state index in [0.717, 1.165) is 5.69 Å². The molecular weight excluding hydrogens is 496 g/mol. The minimum atomic E-state index is -3.28. The lowest BCUT2D eigenvalue weighted by Crippen LogP contribution is -2.28. The fourth-order valence-corrected chi connectivity index (χ4v) is 4.32. The Morgan fingerprint density at radius 3 is 2.65 bits per heavy atom. The van der Waals surface area contributed by atoms with Gasteiger partial charge in [0.15, 0.2) is 0 Å². The lowest BCUT2D eigenvalue weighted by atomic mass is 10.1. The first-order valence-electron chi connectivity index (χ1n) is 11.4. The van der Waals surface area contributed by atoms with E-state index in [1.807, 2.05) is 24.3 Å². The van der Waals surface area contributed by atoms with Crippen LogP contribution in [-0.2, 0) is 10.0 Å². The molecule has 0 unspecified atom stereocenters. The Morgan fingerprint density at radius 1 is 1.11 bits per heavy atom. The van der Waals surface area contributed by atoms with Crippen LogP contribution >= 0.6 is 0 Å². The van der Waals surface area contributed by atoms with Crippen LogP contribution in [0.4, 0.5) is 17.3 Å². The Morgan fingerprint density at radius 2 is 1.89 bits per heavy atom. The van der Waals surface area contributed by atoms with Crippen molar-refractivity contribution in [1.82, 2.24) is 19.6 Å². The normalized spacial score (nSPS) is 11.5. The lowest BCUT2D eigenvalue weighted by molar-refractivity contribution is 0.0963. The van der Waals surface area contributed by atoms with Gasteiger partial charge >= 0.3 is 0 Å². The number of carbonyl (C=O) groups is 1. The van der Waals surface area contributed by atoms with Crippen molar-refractivity contribution in [3.05, 3.63) is 66.1 Å². The van der Waals surface area contributed by atoms with Crippen LogP contribution in [0.25, 0.3) is 11.0 Å².